The Kier molecular flexibility index (Phi) is 36.8. The second-order valence-corrected chi connectivity index (χ2v) is 30.3. The van der Waals surface area contributed by atoms with E-state index in [0.717, 1.165) is 0 Å². The zero-order valence-electron chi connectivity index (χ0n) is 65.6. The van der Waals surface area contributed by atoms with Crippen LogP contribution in [-0.4, -0.2) is 289 Å². The molecule has 114 heavy (non-hydrogen) atoms. The first-order valence-electron chi connectivity index (χ1n) is 38.4. The molecule has 20 N–H and O–H groups in total. The van der Waals surface area contributed by atoms with Crippen molar-refractivity contribution in [1.29, 1.82) is 0 Å². The van der Waals surface area contributed by atoms with Crippen LogP contribution in [0.1, 0.15) is 117 Å². The Morgan fingerprint density at radius 2 is 1.09 bits per heavy atom. The minimum atomic E-state index is -1.57. The lowest BCUT2D eigenvalue weighted by atomic mass is 9.96. The number of para-hydroxylation sites is 1. The number of piperidine rings is 1. The van der Waals surface area contributed by atoms with Crippen LogP contribution in [0.25, 0.3) is 10.9 Å². The fraction of sp³-hybridized carbons (Fsp3) is 0.579. The number of aromatic nitrogens is 3. The number of amides is 12. The smallest absolute Gasteiger partial charge is 0.321 e. The van der Waals surface area contributed by atoms with E-state index in [9.17, 15) is 92.3 Å². The van der Waals surface area contributed by atoms with Gasteiger partial charge >= 0.3 is 17.9 Å². The summed E-state index contributed by atoms with van der Waals surface area (Å²) >= 11 is 0. The van der Waals surface area contributed by atoms with Gasteiger partial charge in [0, 0.05) is 107 Å². The van der Waals surface area contributed by atoms with Gasteiger partial charge in [0.25, 0.3) is 0 Å². The van der Waals surface area contributed by atoms with Gasteiger partial charge in [0.15, 0.2) is 0 Å². The van der Waals surface area contributed by atoms with Gasteiger partial charge in [-0.2, -0.15) is 0 Å². The number of imidazole rings is 1. The van der Waals surface area contributed by atoms with Crippen molar-refractivity contribution in [3.63, 3.8) is 0 Å². The number of aliphatic hydroxyl groups excluding tert-OH is 1. The molecule has 4 heterocycles. The van der Waals surface area contributed by atoms with Crippen LogP contribution in [-0.2, 0) is 91.2 Å². The van der Waals surface area contributed by atoms with Gasteiger partial charge in [0.05, 0.1) is 63.2 Å². The van der Waals surface area contributed by atoms with Crippen LogP contribution in [0.5, 0.6) is 0 Å². The topological polar surface area (TPSA) is 567 Å². The van der Waals surface area contributed by atoms with Crippen LogP contribution in [0.3, 0.4) is 0 Å². The quantitative estimate of drug-likeness (QED) is 0.0206. The summed E-state index contributed by atoms with van der Waals surface area (Å²) in [5.41, 5.74) is 13.3. The number of carboxylic acids is 3. The highest BCUT2D eigenvalue weighted by molar-refractivity contribution is 5.98. The number of benzene rings is 2. The Balaban J connectivity index is 1.09. The Morgan fingerprint density at radius 1 is 0.535 bits per heavy atom. The van der Waals surface area contributed by atoms with Crippen molar-refractivity contribution in [2.75, 3.05) is 78.5 Å². The van der Waals surface area contributed by atoms with E-state index >= 15 is 0 Å². The predicted molar refractivity (Wildman–Crippen MR) is 414 cm³/mol. The fourth-order valence-electron chi connectivity index (χ4n) is 13.5. The van der Waals surface area contributed by atoms with Crippen LogP contribution < -0.4 is 64.6 Å². The van der Waals surface area contributed by atoms with Crippen LogP contribution in [0.4, 0.5) is 0 Å². The van der Waals surface area contributed by atoms with Gasteiger partial charge < -0.3 is 95.0 Å². The first-order valence-corrected chi connectivity index (χ1v) is 38.4. The van der Waals surface area contributed by atoms with Gasteiger partial charge in [0.1, 0.15) is 48.3 Å². The molecule has 0 spiro atoms. The molecule has 4 aromatic rings. The molecule has 38 heteroatoms. The third-order valence-electron chi connectivity index (χ3n) is 19.6. The Hall–Kier alpha value is -11.0. The summed E-state index contributed by atoms with van der Waals surface area (Å²) in [6.07, 6.45) is 1.97. The van der Waals surface area contributed by atoms with Crippen LogP contribution in [0.15, 0.2) is 73.3 Å². The highest BCUT2D eigenvalue weighted by Crippen LogP contribution is 2.21. The maximum absolute atomic E-state index is 14.8. The van der Waals surface area contributed by atoms with Gasteiger partial charge in [0.2, 0.25) is 70.9 Å². The van der Waals surface area contributed by atoms with E-state index in [1.54, 1.807) is 89.3 Å². The maximum Gasteiger partial charge on any atom is 0.321 e. The summed E-state index contributed by atoms with van der Waals surface area (Å²) in [5.74, 6) is -13.7. The van der Waals surface area contributed by atoms with Crippen molar-refractivity contribution in [1.82, 2.24) is 87.7 Å². The minimum absolute atomic E-state index is 0.00612. The molecule has 0 radical (unpaired) electrons. The van der Waals surface area contributed by atoms with Crippen LogP contribution >= 0.6 is 0 Å². The summed E-state index contributed by atoms with van der Waals surface area (Å²) in [5, 5.41) is 68.0. The number of carbonyl (C=O) groups is 15. The molecule has 12 amide bonds. The molecule has 2 fully saturated rings. The summed E-state index contributed by atoms with van der Waals surface area (Å²) in [6, 6.07) is 3.49. The number of rotatable bonds is 45. The van der Waals surface area contributed by atoms with Crippen molar-refractivity contribution in [2.45, 2.75) is 186 Å². The second kappa shape index (κ2) is 45.7. The number of nitrogens with zero attached hydrogens (tertiary/aromatic N) is 5. The number of hydrogen-bond acceptors (Lipinski definition) is 21. The first-order chi connectivity index (χ1) is 54.0. The van der Waals surface area contributed by atoms with E-state index in [-0.39, 0.29) is 122 Å². The largest absolute Gasteiger partial charge is 0.480 e. The number of primary amides is 2. The van der Waals surface area contributed by atoms with E-state index in [0.29, 0.717) is 40.6 Å². The number of carboxylic acid groups (broad SMARTS) is 3. The Bertz CT molecular complexity index is 3900. The van der Waals surface area contributed by atoms with Crippen LogP contribution in [0.2, 0.25) is 0 Å². The van der Waals surface area contributed by atoms with E-state index in [1.165, 1.54) is 24.3 Å². The SMILES string of the molecule is CC(C)C[C@H](NC(=O)C[C@H](O)[C@H](CC(C)C)NC(=O)[C@H](Cc1c[nH]cn1)NC(=O)CNC(=O)[C@@H](NC(=O)[C@H](C)NC(=O)[C@H](Cc1c[nH]c2ccccc12)NC(=O)[C@H](CCC(N)=O)NC(=O)[C@@H](Cc1ccccc1)NC(=O)CN1CCC(NC(=O)CC(C(=O)O)N2CCN(CC(=O)O)CCN(CC(=O)O)CC2)CC1)C(C)C)C(N)=O. The summed E-state index contributed by atoms with van der Waals surface area (Å²) in [6.45, 7) is 11.8. The molecule has 10 atom stereocenters. The lowest BCUT2D eigenvalue weighted by Gasteiger charge is -2.33. The molecule has 1 unspecified atom stereocenters. The molecule has 38 nitrogen and oxygen atoms in total. The van der Waals surface area contributed by atoms with E-state index < -0.39 is 187 Å². The maximum atomic E-state index is 14.8. The molecule has 2 saturated heterocycles. The summed E-state index contributed by atoms with van der Waals surface area (Å²) in [7, 11) is 0. The second-order valence-electron chi connectivity index (χ2n) is 30.3. The number of carbonyl (C=O) groups excluding carboxylic acids is 12. The van der Waals surface area contributed by atoms with Gasteiger partial charge in [-0.3, -0.25) is 91.5 Å². The van der Waals surface area contributed by atoms with Crippen molar-refractivity contribution >= 4 is 99.7 Å². The third kappa shape index (κ3) is 31.5. The van der Waals surface area contributed by atoms with Crippen LogP contribution in [0, 0.1) is 17.8 Å². The predicted octanol–water partition coefficient (Wildman–Crippen LogP) is -3.30. The van der Waals surface area contributed by atoms with Gasteiger partial charge in [-0.25, -0.2) is 4.98 Å². The lowest BCUT2D eigenvalue weighted by Crippen LogP contribution is -2.60. The Morgan fingerprint density at radius 3 is 1.68 bits per heavy atom. The standard InChI is InChI=1S/C76H113N19O19/c1-43(2)29-54(60(96)35-63(99)85-55(69(78)106)30-44(3)4)89-74(111)58(33-50-37-79-42-82-50)86-64(100)38-81-75(112)68(45(5)6)91-70(107)46(7)83-72(109)57(32-48-36-80-52-16-12-11-15-51(48)52)90-71(108)53(17-18-61(77)97)88-73(110)56(31-47-13-9-8-10-14-47)87-65(101)39-92-21-19-49(20-22-92)84-62(98)34-59(76(113)114)95-27-25-93(40-66(102)103)23-24-94(26-28-95)41-67(104)105/h8-16,36-37,42-46,49,53-60,68,80,96H,17-35,38-41H2,1-7H3,(H2,77,97)(H2,78,106)(H,79,82)(H,81,112)(H,83,109)(H,84,98)(H,85,99)(H,86,100)(H,87,101)(H,88,110)(H,89,111)(H,90,108)(H,91,107)(H,102,103)(H,104,105)(H,113,114)/t46-,53-,54-,55-,56+,57-,58-,59?,60-,68-/m0/s1. The normalized spacial score (nSPS) is 16.8. The molecule has 2 aromatic heterocycles. The third-order valence-corrected chi connectivity index (χ3v) is 19.6. The van der Waals surface area contributed by atoms with E-state index in [2.05, 4.69) is 68.1 Å². The molecule has 0 aliphatic carbocycles. The molecule has 0 bridgehead atoms. The number of nitrogens with one attached hydrogen (secondary N) is 12. The number of nitrogens with two attached hydrogens (primary N) is 2. The van der Waals surface area contributed by atoms with Gasteiger partial charge in [-0.1, -0.05) is 90.1 Å². The number of aromatic amines is 2. The summed E-state index contributed by atoms with van der Waals surface area (Å²) < 4.78 is 0. The van der Waals surface area contributed by atoms with E-state index in [4.69, 9.17) is 11.5 Å². The molecule has 2 aliphatic heterocycles. The molecular weight excluding hydrogens is 1480 g/mol. The summed E-state index contributed by atoms with van der Waals surface area (Å²) in [4.78, 5) is 218. The minimum Gasteiger partial charge on any atom is -0.480 e. The molecule has 2 aromatic carbocycles. The average Bonchev–Trinajstić information content (AvgIpc) is 1.68. The zero-order valence-corrected chi connectivity index (χ0v) is 65.6. The number of H-pyrrole nitrogens is 2. The lowest BCUT2D eigenvalue weighted by molar-refractivity contribution is -0.146. The van der Waals surface area contributed by atoms with Crippen molar-refractivity contribution < 1.29 is 92.3 Å². The van der Waals surface area contributed by atoms with Gasteiger partial charge in [-0.15, -0.1) is 0 Å². The van der Waals surface area contributed by atoms with Crippen molar-refractivity contribution in [3.8, 4) is 0 Å². The number of hydrogen-bond donors (Lipinski definition) is 18. The number of fused-ring (bicyclic) bond motifs is 1. The molecule has 6 rings (SSSR count). The highest BCUT2D eigenvalue weighted by atomic mass is 16.4. The first kappa shape index (κ1) is 91.9. The number of likely N-dealkylation sites (tertiary alicyclic amines) is 1. The molecular formula is C76H113N19O19. The average molecular weight is 1600 g/mol. The monoisotopic (exact) mass is 1600 g/mol. The Labute approximate surface area is 660 Å². The highest BCUT2D eigenvalue weighted by Gasteiger charge is 2.37. The zero-order chi connectivity index (χ0) is 83.9. The fourth-order valence-corrected chi connectivity index (χ4v) is 13.5. The molecule has 2 aliphatic rings. The molecule has 626 valence electrons. The van der Waals surface area contributed by atoms with Crippen molar-refractivity contribution in [3.05, 3.63) is 90.1 Å². The van der Waals surface area contributed by atoms with E-state index in [1.807, 2.05) is 27.7 Å². The molecule has 0 saturated carbocycles. The van der Waals surface area contributed by atoms with Gasteiger partial charge in [-0.05, 0) is 74.0 Å². The van der Waals surface area contributed by atoms with Crippen molar-refractivity contribution in [2.24, 2.45) is 29.2 Å². The number of aliphatic carboxylic acids is 3. The number of aliphatic hydroxyl groups is 1.